The SMILES string of the molecule is COc1ccc(Oc2ccc(CNC(=O)C3(NC(=O)c4cncnc4)CC(NC(C)=O)C3)cc2)c(C(F)(F)F)c1. The van der Waals surface area contributed by atoms with E-state index >= 15 is 0 Å². The van der Waals surface area contributed by atoms with Crippen LogP contribution in [0.25, 0.3) is 0 Å². The van der Waals surface area contributed by atoms with Crippen LogP contribution in [0.15, 0.2) is 61.2 Å². The van der Waals surface area contributed by atoms with Gasteiger partial charge >= 0.3 is 6.18 Å². The van der Waals surface area contributed by atoms with E-state index in [1.165, 1.54) is 57.0 Å². The highest BCUT2D eigenvalue weighted by atomic mass is 19.4. The van der Waals surface area contributed by atoms with Crippen molar-refractivity contribution in [2.75, 3.05) is 7.11 Å². The van der Waals surface area contributed by atoms with Gasteiger partial charge in [-0.3, -0.25) is 14.4 Å². The fraction of sp³-hybridized carbons (Fsp3) is 0.296. The second-order valence-electron chi connectivity index (χ2n) is 9.26. The normalized spacial score (nSPS) is 18.2. The summed E-state index contributed by atoms with van der Waals surface area (Å²) in [6.45, 7) is 1.44. The van der Waals surface area contributed by atoms with Crippen LogP contribution in [0.5, 0.6) is 17.2 Å². The van der Waals surface area contributed by atoms with Crippen molar-refractivity contribution in [2.24, 2.45) is 0 Å². The molecule has 3 amide bonds. The summed E-state index contributed by atoms with van der Waals surface area (Å²) in [5.74, 6) is -1.40. The Morgan fingerprint density at radius 2 is 1.68 bits per heavy atom. The maximum Gasteiger partial charge on any atom is 0.420 e. The number of benzene rings is 2. The summed E-state index contributed by atoms with van der Waals surface area (Å²) >= 11 is 0. The van der Waals surface area contributed by atoms with Crippen LogP contribution < -0.4 is 25.4 Å². The Morgan fingerprint density at radius 3 is 2.27 bits per heavy atom. The van der Waals surface area contributed by atoms with Gasteiger partial charge in [0.1, 0.15) is 34.7 Å². The van der Waals surface area contributed by atoms with Crippen molar-refractivity contribution in [1.82, 2.24) is 25.9 Å². The highest BCUT2D eigenvalue weighted by Crippen LogP contribution is 2.40. The standard InChI is InChI=1S/C27H26F3N5O5/c1-16(36)34-19-10-26(11-19,35-24(37)18-13-31-15-32-14-18)25(38)33-12-17-3-5-20(6-4-17)40-23-8-7-21(39-2)9-22(23)27(28,29)30/h3-9,13-15,19H,10-12H2,1-2H3,(H,33,38)(H,34,36)(H,35,37). The summed E-state index contributed by atoms with van der Waals surface area (Å²) < 4.78 is 50.8. The molecule has 0 aliphatic heterocycles. The molecule has 0 spiro atoms. The molecule has 0 unspecified atom stereocenters. The smallest absolute Gasteiger partial charge is 0.420 e. The minimum atomic E-state index is -4.65. The number of rotatable bonds is 9. The molecule has 10 nitrogen and oxygen atoms in total. The van der Waals surface area contributed by atoms with E-state index in [9.17, 15) is 27.6 Å². The monoisotopic (exact) mass is 557 g/mol. The predicted octanol–water partition coefficient (Wildman–Crippen LogP) is 3.38. The molecule has 3 N–H and O–H groups in total. The van der Waals surface area contributed by atoms with Gasteiger partial charge < -0.3 is 25.4 Å². The lowest BCUT2D eigenvalue weighted by atomic mass is 9.71. The van der Waals surface area contributed by atoms with Crippen LogP contribution in [-0.4, -0.2) is 46.4 Å². The molecule has 1 aromatic heterocycles. The van der Waals surface area contributed by atoms with Crippen molar-refractivity contribution in [2.45, 2.75) is 44.1 Å². The molecule has 3 aromatic rings. The number of methoxy groups -OCH3 is 1. The fourth-order valence-corrected chi connectivity index (χ4v) is 4.32. The first-order valence-corrected chi connectivity index (χ1v) is 12.1. The third-order valence-corrected chi connectivity index (χ3v) is 6.30. The molecule has 0 atom stereocenters. The average molecular weight is 558 g/mol. The molecule has 1 fully saturated rings. The van der Waals surface area contributed by atoms with E-state index in [2.05, 4.69) is 25.9 Å². The van der Waals surface area contributed by atoms with Crippen molar-refractivity contribution in [3.8, 4) is 17.2 Å². The Kier molecular flexibility index (Phi) is 8.21. The number of ether oxygens (including phenoxy) is 2. The third kappa shape index (κ3) is 6.65. The Bertz CT molecular complexity index is 1380. The minimum Gasteiger partial charge on any atom is -0.497 e. The first-order valence-electron chi connectivity index (χ1n) is 12.1. The van der Waals surface area contributed by atoms with E-state index in [0.717, 1.165) is 6.07 Å². The molecule has 4 rings (SSSR count). The molecule has 13 heteroatoms. The predicted molar refractivity (Wildman–Crippen MR) is 135 cm³/mol. The van der Waals surface area contributed by atoms with E-state index in [4.69, 9.17) is 9.47 Å². The zero-order valence-electron chi connectivity index (χ0n) is 21.5. The highest BCUT2D eigenvalue weighted by Gasteiger charge is 2.51. The van der Waals surface area contributed by atoms with Gasteiger partial charge in [-0.25, -0.2) is 9.97 Å². The number of aromatic nitrogens is 2. The second kappa shape index (κ2) is 11.6. The van der Waals surface area contributed by atoms with Crippen LogP contribution in [0.4, 0.5) is 13.2 Å². The fourth-order valence-electron chi connectivity index (χ4n) is 4.32. The zero-order valence-corrected chi connectivity index (χ0v) is 21.5. The molecule has 210 valence electrons. The number of halogens is 3. The molecule has 1 heterocycles. The van der Waals surface area contributed by atoms with E-state index in [0.29, 0.717) is 5.56 Å². The highest BCUT2D eigenvalue weighted by molar-refractivity contribution is 5.99. The molecule has 0 radical (unpaired) electrons. The van der Waals surface area contributed by atoms with E-state index in [-0.39, 0.29) is 54.1 Å². The number of carbonyl (C=O) groups excluding carboxylic acids is 3. The van der Waals surface area contributed by atoms with Gasteiger partial charge in [0.2, 0.25) is 11.8 Å². The molecular weight excluding hydrogens is 531 g/mol. The maximum absolute atomic E-state index is 13.5. The molecule has 1 saturated carbocycles. The van der Waals surface area contributed by atoms with Crippen molar-refractivity contribution < 1.29 is 37.0 Å². The van der Waals surface area contributed by atoms with E-state index in [1.54, 1.807) is 12.1 Å². The van der Waals surface area contributed by atoms with Crippen molar-refractivity contribution in [1.29, 1.82) is 0 Å². The number of hydrogen-bond donors (Lipinski definition) is 3. The quantitative estimate of drug-likeness (QED) is 0.368. The molecule has 1 aliphatic carbocycles. The molecule has 40 heavy (non-hydrogen) atoms. The van der Waals surface area contributed by atoms with Gasteiger partial charge in [-0.1, -0.05) is 12.1 Å². The summed E-state index contributed by atoms with van der Waals surface area (Å²) in [5, 5.41) is 8.26. The van der Waals surface area contributed by atoms with Gasteiger partial charge in [0.25, 0.3) is 5.91 Å². The van der Waals surface area contributed by atoms with E-state index in [1.807, 2.05) is 0 Å². The van der Waals surface area contributed by atoms with Gasteiger partial charge in [-0.05, 0) is 48.7 Å². The zero-order chi connectivity index (χ0) is 28.9. The lowest BCUT2D eigenvalue weighted by molar-refractivity contribution is -0.138. The summed E-state index contributed by atoms with van der Waals surface area (Å²) in [6, 6.07) is 9.27. The topological polar surface area (TPSA) is 132 Å². The lowest BCUT2D eigenvalue weighted by Gasteiger charge is -2.46. The van der Waals surface area contributed by atoms with Gasteiger partial charge in [0, 0.05) is 31.9 Å². The summed E-state index contributed by atoms with van der Waals surface area (Å²) in [6.07, 6.45) is -0.343. The summed E-state index contributed by atoms with van der Waals surface area (Å²) in [5.41, 5.74) is -1.41. The molecule has 0 saturated heterocycles. The maximum atomic E-state index is 13.5. The molecule has 0 bridgehead atoms. The van der Waals surface area contributed by atoms with Crippen molar-refractivity contribution in [3.05, 3.63) is 77.9 Å². The Labute approximate surface area is 227 Å². The van der Waals surface area contributed by atoms with Gasteiger partial charge in [0.15, 0.2) is 0 Å². The number of nitrogens with zero attached hydrogens (tertiary/aromatic N) is 2. The van der Waals surface area contributed by atoms with Crippen LogP contribution in [0.1, 0.15) is 41.3 Å². The summed E-state index contributed by atoms with van der Waals surface area (Å²) in [7, 11) is 1.27. The van der Waals surface area contributed by atoms with Gasteiger partial charge in [0.05, 0.1) is 12.7 Å². The van der Waals surface area contributed by atoms with Crippen molar-refractivity contribution in [3.63, 3.8) is 0 Å². The number of nitrogens with one attached hydrogen (secondary N) is 3. The number of alkyl halides is 3. The summed E-state index contributed by atoms with van der Waals surface area (Å²) in [4.78, 5) is 45.0. The van der Waals surface area contributed by atoms with Crippen LogP contribution in [0, 0.1) is 0 Å². The number of hydrogen-bond acceptors (Lipinski definition) is 7. The van der Waals surface area contributed by atoms with Crippen LogP contribution in [0.2, 0.25) is 0 Å². The average Bonchev–Trinajstić information content (AvgIpc) is 2.91. The first kappa shape index (κ1) is 28.3. The van der Waals surface area contributed by atoms with Gasteiger partial charge in [-0.15, -0.1) is 0 Å². The number of carbonyl (C=O) groups is 3. The van der Waals surface area contributed by atoms with E-state index < -0.39 is 29.1 Å². The third-order valence-electron chi connectivity index (χ3n) is 6.30. The largest absolute Gasteiger partial charge is 0.497 e. The van der Waals surface area contributed by atoms with Crippen LogP contribution >= 0.6 is 0 Å². The minimum absolute atomic E-state index is 0.0479. The van der Waals surface area contributed by atoms with Crippen molar-refractivity contribution >= 4 is 17.7 Å². The second-order valence-corrected chi connectivity index (χ2v) is 9.26. The first-order chi connectivity index (χ1) is 19.0. The lowest BCUT2D eigenvalue weighted by Crippen LogP contribution is -2.69. The number of amides is 3. The molecule has 2 aromatic carbocycles. The van der Waals surface area contributed by atoms with Crippen LogP contribution in [-0.2, 0) is 22.3 Å². The molecular formula is C27H26F3N5O5. The van der Waals surface area contributed by atoms with Gasteiger partial charge in [-0.2, -0.15) is 13.2 Å². The Morgan fingerprint density at radius 1 is 1.02 bits per heavy atom. The Balaban J connectivity index is 1.41. The Hall–Kier alpha value is -4.68. The van der Waals surface area contributed by atoms with Crippen LogP contribution in [0.3, 0.4) is 0 Å². The molecule has 1 aliphatic rings.